The van der Waals surface area contributed by atoms with Crippen LogP contribution < -0.4 is 9.62 Å². The fourth-order valence-corrected chi connectivity index (χ4v) is 5.48. The van der Waals surface area contributed by atoms with Crippen LogP contribution in [-0.2, 0) is 14.8 Å². The van der Waals surface area contributed by atoms with Crippen LogP contribution >= 0.6 is 11.6 Å². The number of halogens is 1. The Morgan fingerprint density at radius 3 is 2.30 bits per heavy atom. The smallest absolute Gasteiger partial charge is 0.264 e. The van der Waals surface area contributed by atoms with Crippen molar-refractivity contribution in [2.45, 2.75) is 63.3 Å². The Morgan fingerprint density at radius 1 is 1.03 bits per heavy atom. The van der Waals surface area contributed by atoms with Gasteiger partial charge in [-0.05, 0) is 56.5 Å². The number of benzene rings is 2. The average molecular weight is 449 g/mol. The maximum Gasteiger partial charge on any atom is 0.264 e. The van der Waals surface area contributed by atoms with Crippen LogP contribution in [0.2, 0.25) is 5.02 Å². The van der Waals surface area contributed by atoms with Crippen molar-refractivity contribution in [1.82, 2.24) is 5.32 Å². The zero-order chi connectivity index (χ0) is 21.7. The number of aryl methyl sites for hydroxylation is 1. The molecule has 7 heteroatoms. The summed E-state index contributed by atoms with van der Waals surface area (Å²) in [4.78, 5) is 13.0. The number of nitrogens with one attached hydrogen (secondary N) is 1. The molecule has 3 rings (SSSR count). The highest BCUT2D eigenvalue weighted by atomic mass is 35.5. The van der Waals surface area contributed by atoms with Crippen molar-refractivity contribution in [2.75, 3.05) is 10.8 Å². The highest BCUT2D eigenvalue weighted by Gasteiger charge is 2.29. The third-order valence-corrected chi connectivity index (χ3v) is 7.81. The maximum atomic E-state index is 13.5. The summed E-state index contributed by atoms with van der Waals surface area (Å²) in [6.07, 6.45) is 6.41. The predicted molar refractivity (Wildman–Crippen MR) is 122 cm³/mol. The number of carbonyl (C=O) groups is 1. The van der Waals surface area contributed by atoms with Gasteiger partial charge in [-0.3, -0.25) is 9.10 Å². The molecule has 1 aliphatic carbocycles. The Hall–Kier alpha value is -2.05. The summed E-state index contributed by atoms with van der Waals surface area (Å²) in [5.41, 5.74) is 2.00. The first-order valence-corrected chi connectivity index (χ1v) is 12.2. The molecule has 0 spiro atoms. The summed E-state index contributed by atoms with van der Waals surface area (Å²) < 4.78 is 28.2. The molecule has 1 amide bonds. The standard InChI is InChI=1S/C23H29ClN2O3S/c1-17-12-14-20(15-13-17)30(28,29)26(22-11-7-10-21(24)18(22)2)16-23(27)25-19-8-5-3-4-6-9-19/h7,10-15,19H,3-6,8-9,16H2,1-2H3,(H,25,27). The zero-order valence-electron chi connectivity index (χ0n) is 17.5. The van der Waals surface area contributed by atoms with E-state index < -0.39 is 10.0 Å². The van der Waals surface area contributed by atoms with Gasteiger partial charge in [-0.15, -0.1) is 0 Å². The molecule has 0 radical (unpaired) electrons. The third kappa shape index (κ3) is 5.35. The van der Waals surface area contributed by atoms with Crippen LogP contribution in [0.3, 0.4) is 0 Å². The molecule has 0 bridgehead atoms. The molecular weight excluding hydrogens is 420 g/mol. The van der Waals surface area contributed by atoms with Crippen LogP contribution in [0.4, 0.5) is 5.69 Å². The van der Waals surface area contributed by atoms with Crippen molar-refractivity contribution < 1.29 is 13.2 Å². The van der Waals surface area contributed by atoms with E-state index >= 15 is 0 Å². The first-order chi connectivity index (χ1) is 14.3. The molecule has 1 saturated carbocycles. The van der Waals surface area contributed by atoms with Gasteiger partial charge in [-0.25, -0.2) is 8.42 Å². The lowest BCUT2D eigenvalue weighted by molar-refractivity contribution is -0.120. The highest BCUT2D eigenvalue weighted by molar-refractivity contribution is 7.92. The normalized spacial score (nSPS) is 15.4. The number of amides is 1. The second-order valence-electron chi connectivity index (χ2n) is 7.96. The van der Waals surface area contributed by atoms with Crippen LogP contribution in [0.15, 0.2) is 47.4 Å². The Labute approximate surface area is 184 Å². The molecule has 30 heavy (non-hydrogen) atoms. The Balaban J connectivity index is 1.92. The highest BCUT2D eigenvalue weighted by Crippen LogP contribution is 2.31. The lowest BCUT2D eigenvalue weighted by Crippen LogP contribution is -2.44. The minimum Gasteiger partial charge on any atom is -0.352 e. The quantitative estimate of drug-likeness (QED) is 0.633. The van der Waals surface area contributed by atoms with Gasteiger partial charge in [-0.2, -0.15) is 0 Å². The second-order valence-corrected chi connectivity index (χ2v) is 10.2. The summed E-state index contributed by atoms with van der Waals surface area (Å²) in [5, 5.41) is 3.51. The van der Waals surface area contributed by atoms with Gasteiger partial charge in [0.15, 0.2) is 0 Å². The van der Waals surface area contributed by atoms with Gasteiger partial charge in [0.25, 0.3) is 10.0 Å². The van der Waals surface area contributed by atoms with E-state index in [1.807, 2.05) is 6.92 Å². The summed E-state index contributed by atoms with van der Waals surface area (Å²) in [5.74, 6) is -0.294. The summed E-state index contributed by atoms with van der Waals surface area (Å²) >= 11 is 6.26. The van der Waals surface area contributed by atoms with Crippen molar-refractivity contribution >= 4 is 33.2 Å². The topological polar surface area (TPSA) is 66.5 Å². The van der Waals surface area contributed by atoms with Crippen molar-refractivity contribution in [1.29, 1.82) is 0 Å². The third-order valence-electron chi connectivity index (χ3n) is 5.62. The number of hydrogen-bond acceptors (Lipinski definition) is 3. The van der Waals surface area contributed by atoms with Crippen LogP contribution in [-0.4, -0.2) is 26.9 Å². The number of hydrogen-bond donors (Lipinski definition) is 1. The van der Waals surface area contributed by atoms with E-state index in [4.69, 9.17) is 11.6 Å². The van der Waals surface area contributed by atoms with E-state index in [0.717, 1.165) is 31.2 Å². The van der Waals surface area contributed by atoms with Gasteiger partial charge in [0.2, 0.25) is 5.91 Å². The molecule has 0 unspecified atom stereocenters. The molecule has 162 valence electrons. The Kier molecular flexibility index (Phi) is 7.42. The maximum absolute atomic E-state index is 13.5. The molecule has 1 aliphatic rings. The second kappa shape index (κ2) is 9.84. The van der Waals surface area contributed by atoms with Gasteiger partial charge < -0.3 is 5.32 Å². The Morgan fingerprint density at radius 2 is 1.67 bits per heavy atom. The molecule has 0 atom stereocenters. The van der Waals surface area contributed by atoms with E-state index in [2.05, 4.69) is 5.32 Å². The van der Waals surface area contributed by atoms with Crippen molar-refractivity contribution in [3.8, 4) is 0 Å². The van der Waals surface area contributed by atoms with Gasteiger partial charge in [0.1, 0.15) is 6.54 Å². The minimum absolute atomic E-state index is 0.101. The largest absolute Gasteiger partial charge is 0.352 e. The van der Waals surface area contributed by atoms with Crippen molar-refractivity contribution in [3.05, 3.63) is 58.6 Å². The van der Waals surface area contributed by atoms with Crippen LogP contribution in [0, 0.1) is 13.8 Å². The number of rotatable bonds is 6. The molecule has 5 nitrogen and oxygen atoms in total. The fourth-order valence-electron chi connectivity index (χ4n) is 3.83. The summed E-state index contributed by atoms with van der Waals surface area (Å²) in [6, 6.07) is 11.8. The molecule has 0 aliphatic heterocycles. The first kappa shape index (κ1) is 22.6. The molecule has 1 fully saturated rings. The van der Waals surface area contributed by atoms with Crippen molar-refractivity contribution in [2.24, 2.45) is 0 Å². The monoisotopic (exact) mass is 448 g/mol. The summed E-state index contributed by atoms with van der Waals surface area (Å²) in [7, 11) is -3.94. The zero-order valence-corrected chi connectivity index (χ0v) is 19.1. The number of sulfonamides is 1. The fraction of sp³-hybridized carbons (Fsp3) is 0.435. The van der Waals surface area contributed by atoms with Gasteiger partial charge in [0, 0.05) is 11.1 Å². The summed E-state index contributed by atoms with van der Waals surface area (Å²) in [6.45, 7) is 3.38. The van der Waals surface area contributed by atoms with Crippen molar-refractivity contribution in [3.63, 3.8) is 0 Å². The number of carbonyl (C=O) groups excluding carboxylic acids is 1. The van der Waals surface area contributed by atoms with Gasteiger partial charge >= 0.3 is 0 Å². The van der Waals surface area contributed by atoms with Crippen LogP contribution in [0.1, 0.15) is 49.7 Å². The van der Waals surface area contributed by atoms with Gasteiger partial charge in [0.05, 0.1) is 10.6 Å². The van der Waals surface area contributed by atoms with E-state index in [1.165, 1.54) is 17.1 Å². The minimum atomic E-state index is -3.94. The molecule has 0 aromatic heterocycles. The molecule has 0 saturated heterocycles. The van der Waals surface area contributed by atoms with E-state index in [0.29, 0.717) is 16.3 Å². The van der Waals surface area contributed by atoms with E-state index in [9.17, 15) is 13.2 Å². The molecule has 0 heterocycles. The molecule has 2 aromatic rings. The average Bonchev–Trinajstić information content (AvgIpc) is 2.97. The molecular formula is C23H29ClN2O3S. The molecule has 1 N–H and O–H groups in total. The number of nitrogens with zero attached hydrogens (tertiary/aromatic N) is 1. The number of anilines is 1. The Bertz CT molecular complexity index is 982. The van der Waals surface area contributed by atoms with E-state index in [-0.39, 0.29) is 23.4 Å². The van der Waals surface area contributed by atoms with Crippen LogP contribution in [0.5, 0.6) is 0 Å². The van der Waals surface area contributed by atoms with Gasteiger partial charge in [-0.1, -0.05) is 61.0 Å². The SMILES string of the molecule is Cc1ccc(S(=O)(=O)N(CC(=O)NC2CCCCCC2)c2cccc(Cl)c2C)cc1. The molecule has 2 aromatic carbocycles. The predicted octanol–water partition coefficient (Wildman–Crippen LogP) is 4.99. The lowest BCUT2D eigenvalue weighted by Gasteiger charge is -2.27. The first-order valence-electron chi connectivity index (χ1n) is 10.4. The van der Waals surface area contributed by atoms with Crippen LogP contribution in [0.25, 0.3) is 0 Å². The van der Waals surface area contributed by atoms with E-state index in [1.54, 1.807) is 49.4 Å². The lowest BCUT2D eigenvalue weighted by atomic mass is 10.1.